The zero-order chi connectivity index (χ0) is 17.4. The van der Waals surface area contributed by atoms with Crippen LogP contribution in [0.3, 0.4) is 0 Å². The molecule has 0 fully saturated rings. The second kappa shape index (κ2) is 6.14. The Kier molecular flexibility index (Phi) is 3.81. The predicted octanol–water partition coefficient (Wildman–Crippen LogP) is 2.35. The smallest absolute Gasteiger partial charge is 0.273 e. The van der Waals surface area contributed by atoms with Gasteiger partial charge in [-0.05, 0) is 36.7 Å². The monoisotopic (exact) mass is 353 g/mol. The summed E-state index contributed by atoms with van der Waals surface area (Å²) in [6.45, 7) is 2.52. The van der Waals surface area contributed by atoms with Crippen LogP contribution in [0.15, 0.2) is 41.3 Å². The first kappa shape index (κ1) is 15.5. The Labute approximate surface area is 147 Å². The van der Waals surface area contributed by atoms with Gasteiger partial charge in [0, 0.05) is 24.2 Å². The van der Waals surface area contributed by atoms with E-state index in [-0.39, 0.29) is 5.91 Å². The molecule has 1 amide bonds. The van der Waals surface area contributed by atoms with Crippen LogP contribution in [0, 0.1) is 0 Å². The van der Waals surface area contributed by atoms with Gasteiger partial charge in [-0.3, -0.25) is 4.79 Å². The number of hydrogen-bond donors (Lipinski definition) is 1. The minimum Gasteiger partial charge on any atom is -0.493 e. The zero-order valence-electron chi connectivity index (χ0n) is 13.7. The van der Waals surface area contributed by atoms with E-state index in [4.69, 9.17) is 4.74 Å². The summed E-state index contributed by atoms with van der Waals surface area (Å²) in [5, 5.41) is 8.92. The Balaban J connectivity index is 1.88. The maximum absolute atomic E-state index is 12.3. The topological polar surface area (TPSA) is 81.4 Å². The maximum Gasteiger partial charge on any atom is 0.273 e. The first-order valence-corrected chi connectivity index (χ1v) is 8.55. The summed E-state index contributed by atoms with van der Waals surface area (Å²) in [5.41, 5.74) is 5.51. The lowest BCUT2D eigenvalue weighted by Crippen LogP contribution is -2.13. The van der Waals surface area contributed by atoms with Gasteiger partial charge >= 0.3 is 0 Å². The number of nitrogens with one attached hydrogen (secondary N) is 1. The lowest BCUT2D eigenvalue weighted by molar-refractivity contribution is -0.116. The van der Waals surface area contributed by atoms with Crippen LogP contribution in [0.1, 0.15) is 17.4 Å². The quantitative estimate of drug-likeness (QED) is 0.730. The molecule has 0 radical (unpaired) electrons. The van der Waals surface area contributed by atoms with Crippen LogP contribution in [-0.4, -0.2) is 32.4 Å². The van der Waals surface area contributed by atoms with E-state index in [1.807, 2.05) is 49.0 Å². The number of amides is 1. The molecule has 7 nitrogen and oxygen atoms in total. The number of benzene rings is 1. The van der Waals surface area contributed by atoms with E-state index in [9.17, 15) is 4.79 Å². The summed E-state index contributed by atoms with van der Waals surface area (Å²) in [7, 11) is 1.97. The Bertz CT molecular complexity index is 1020. The van der Waals surface area contributed by atoms with Crippen molar-refractivity contribution in [3.05, 3.63) is 46.6 Å². The van der Waals surface area contributed by atoms with E-state index in [1.54, 1.807) is 6.20 Å². The fourth-order valence-electron chi connectivity index (χ4n) is 2.91. The Hall–Kier alpha value is -3.00. The van der Waals surface area contributed by atoms with Gasteiger partial charge in [-0.15, -0.1) is 5.10 Å². The fraction of sp³-hybridized carbons (Fsp3) is 0.176. The van der Waals surface area contributed by atoms with Crippen molar-refractivity contribution in [2.75, 3.05) is 6.61 Å². The molecule has 3 heterocycles. The average molecular weight is 353 g/mol. The number of hydrogen-bond acceptors (Lipinski definition) is 6. The number of aromatic nitrogens is 3. The fourth-order valence-corrected chi connectivity index (χ4v) is 3.43. The number of nitrogens with zero attached hydrogens (tertiary/aromatic N) is 4. The van der Waals surface area contributed by atoms with E-state index in [2.05, 4.69) is 20.1 Å². The molecule has 0 bridgehead atoms. The first-order valence-electron chi connectivity index (χ1n) is 7.77. The van der Waals surface area contributed by atoms with E-state index < -0.39 is 0 Å². The molecule has 3 aromatic rings. The third-order valence-electron chi connectivity index (χ3n) is 3.97. The third kappa shape index (κ3) is 2.60. The maximum atomic E-state index is 12.3. The molecule has 1 aliphatic rings. The van der Waals surface area contributed by atoms with Gasteiger partial charge in [0.2, 0.25) is 0 Å². The van der Waals surface area contributed by atoms with Crippen molar-refractivity contribution in [3.63, 3.8) is 0 Å². The number of fused-ring (bicyclic) bond motifs is 1. The molecule has 0 atom stereocenters. The molecule has 4 rings (SSSR count). The molecule has 0 spiro atoms. The van der Waals surface area contributed by atoms with Crippen LogP contribution in [0.25, 0.3) is 17.0 Å². The summed E-state index contributed by atoms with van der Waals surface area (Å²) in [6.07, 6.45) is 5.42. The average Bonchev–Trinajstić information content (AvgIpc) is 3.31. The van der Waals surface area contributed by atoms with Crippen molar-refractivity contribution in [2.45, 2.75) is 6.92 Å². The number of aryl methyl sites for hydroxylation is 1. The molecule has 2 aromatic heterocycles. The van der Waals surface area contributed by atoms with Crippen molar-refractivity contribution < 1.29 is 9.53 Å². The molecule has 0 aliphatic carbocycles. The highest BCUT2D eigenvalue weighted by molar-refractivity contribution is 7.08. The van der Waals surface area contributed by atoms with Crippen molar-refractivity contribution >= 4 is 40.1 Å². The van der Waals surface area contributed by atoms with Gasteiger partial charge in [-0.1, -0.05) is 10.6 Å². The largest absolute Gasteiger partial charge is 0.493 e. The lowest BCUT2D eigenvalue weighted by Gasteiger charge is -2.06. The normalized spacial score (nSPS) is 15.7. The number of carbonyl (C=O) groups excluding carboxylic acids is 1. The standard InChI is InChI=1S/C17H15N5O2S/c1-3-24-13-6-4-5-12-15(13)10(9-22(12)2)7-11-16(19-20-17(11)23)14-8-18-21-25-14/h4-9H,3H2,1-2H3,(H,20,23)/b11-7-. The number of carbonyl (C=O) groups is 1. The van der Waals surface area contributed by atoms with Gasteiger partial charge in [-0.25, -0.2) is 5.43 Å². The van der Waals surface area contributed by atoms with E-state index in [0.717, 1.165) is 27.1 Å². The van der Waals surface area contributed by atoms with Crippen LogP contribution in [-0.2, 0) is 11.8 Å². The predicted molar refractivity (Wildman–Crippen MR) is 96.7 cm³/mol. The minimum atomic E-state index is -0.241. The number of rotatable bonds is 4. The SMILES string of the molecule is CCOc1cccc2c1c(/C=C1\C(=O)NN=C1c1cnns1)cn2C. The van der Waals surface area contributed by atoms with Crippen LogP contribution >= 0.6 is 11.5 Å². The molecule has 126 valence electrons. The van der Waals surface area contributed by atoms with Gasteiger partial charge < -0.3 is 9.30 Å². The second-order valence-electron chi connectivity index (χ2n) is 5.52. The van der Waals surface area contributed by atoms with Crippen molar-refractivity contribution in [1.29, 1.82) is 0 Å². The third-order valence-corrected chi connectivity index (χ3v) is 4.64. The summed E-state index contributed by atoms with van der Waals surface area (Å²) in [5.74, 6) is 0.554. The number of ether oxygens (including phenoxy) is 1. The summed E-state index contributed by atoms with van der Waals surface area (Å²) >= 11 is 1.20. The van der Waals surface area contributed by atoms with Crippen LogP contribution in [0.5, 0.6) is 5.75 Å². The molecular formula is C17H15N5O2S. The van der Waals surface area contributed by atoms with Gasteiger partial charge in [-0.2, -0.15) is 5.10 Å². The molecule has 1 N–H and O–H groups in total. The lowest BCUT2D eigenvalue weighted by atomic mass is 10.0. The molecule has 25 heavy (non-hydrogen) atoms. The van der Waals surface area contributed by atoms with Crippen LogP contribution in [0.2, 0.25) is 0 Å². The Morgan fingerprint density at radius 2 is 2.28 bits per heavy atom. The highest BCUT2D eigenvalue weighted by Gasteiger charge is 2.26. The number of hydrazone groups is 1. The molecule has 1 aromatic carbocycles. The van der Waals surface area contributed by atoms with Gasteiger partial charge in [0.15, 0.2) is 0 Å². The van der Waals surface area contributed by atoms with Crippen molar-refractivity contribution in [1.82, 2.24) is 19.6 Å². The Morgan fingerprint density at radius 1 is 1.40 bits per heavy atom. The van der Waals surface area contributed by atoms with E-state index in [1.165, 1.54) is 11.5 Å². The minimum absolute atomic E-state index is 0.241. The van der Waals surface area contributed by atoms with E-state index in [0.29, 0.717) is 17.9 Å². The van der Waals surface area contributed by atoms with Gasteiger partial charge in [0.25, 0.3) is 5.91 Å². The molecule has 0 saturated heterocycles. The summed E-state index contributed by atoms with van der Waals surface area (Å²) in [4.78, 5) is 13.0. The molecule has 1 aliphatic heterocycles. The molecule has 8 heteroatoms. The van der Waals surface area contributed by atoms with Gasteiger partial charge in [0.1, 0.15) is 11.5 Å². The van der Waals surface area contributed by atoms with Crippen molar-refractivity contribution in [3.8, 4) is 5.75 Å². The van der Waals surface area contributed by atoms with Crippen molar-refractivity contribution in [2.24, 2.45) is 12.1 Å². The second-order valence-corrected chi connectivity index (χ2v) is 6.31. The van der Waals surface area contributed by atoms with Gasteiger partial charge in [0.05, 0.1) is 28.8 Å². The highest BCUT2D eigenvalue weighted by Crippen LogP contribution is 2.32. The first-order chi connectivity index (χ1) is 12.2. The van der Waals surface area contributed by atoms with E-state index >= 15 is 0 Å². The molecule has 0 saturated carbocycles. The summed E-state index contributed by atoms with van der Waals surface area (Å²) in [6, 6.07) is 5.92. The zero-order valence-corrected chi connectivity index (χ0v) is 14.5. The molecular weight excluding hydrogens is 338 g/mol. The Morgan fingerprint density at radius 3 is 3.04 bits per heavy atom. The van der Waals surface area contributed by atoms with Crippen LogP contribution in [0.4, 0.5) is 0 Å². The van der Waals surface area contributed by atoms with Crippen LogP contribution < -0.4 is 10.2 Å². The molecule has 0 unspecified atom stereocenters. The summed E-state index contributed by atoms with van der Waals surface area (Å²) < 4.78 is 11.6. The highest BCUT2D eigenvalue weighted by atomic mass is 32.1.